The fourth-order valence-corrected chi connectivity index (χ4v) is 4.70. The van der Waals surface area contributed by atoms with Gasteiger partial charge < -0.3 is 24.4 Å². The molecule has 0 unspecified atom stereocenters. The van der Waals surface area contributed by atoms with E-state index in [0.717, 1.165) is 5.56 Å². The SMILES string of the molecule is CCOC(=O)c1ccc(NC(=O)C[C@@H]2C(=O)N(c3ccc(F)cc3)C(=S)N2Cc2ccc(OC)c(OC)c2)cc1. The van der Waals surface area contributed by atoms with Crippen LogP contribution in [0.15, 0.2) is 66.7 Å². The maximum atomic E-state index is 13.6. The Balaban J connectivity index is 1.57. The van der Waals surface area contributed by atoms with Crippen LogP contribution in [-0.4, -0.2) is 54.7 Å². The van der Waals surface area contributed by atoms with Crippen LogP contribution in [0.5, 0.6) is 11.5 Å². The van der Waals surface area contributed by atoms with E-state index in [1.165, 1.54) is 43.4 Å². The first kappa shape index (κ1) is 28.5. The second kappa shape index (κ2) is 12.6. The van der Waals surface area contributed by atoms with Crippen molar-refractivity contribution in [2.45, 2.75) is 25.9 Å². The number of halogens is 1. The van der Waals surface area contributed by atoms with Crippen LogP contribution in [0.3, 0.4) is 0 Å². The van der Waals surface area contributed by atoms with Gasteiger partial charge in [-0.25, -0.2) is 9.18 Å². The van der Waals surface area contributed by atoms with E-state index in [2.05, 4.69) is 5.32 Å². The Morgan fingerprint density at radius 1 is 0.975 bits per heavy atom. The second-order valence-corrected chi connectivity index (χ2v) is 9.18. The van der Waals surface area contributed by atoms with Crippen LogP contribution in [0, 0.1) is 5.82 Å². The lowest BCUT2D eigenvalue weighted by Gasteiger charge is -2.24. The van der Waals surface area contributed by atoms with E-state index < -0.39 is 29.6 Å². The van der Waals surface area contributed by atoms with Crippen LogP contribution in [0.2, 0.25) is 0 Å². The van der Waals surface area contributed by atoms with Gasteiger partial charge >= 0.3 is 5.97 Å². The minimum absolute atomic E-state index is 0.183. The quantitative estimate of drug-likeness (QED) is 0.283. The van der Waals surface area contributed by atoms with Gasteiger partial charge in [0.2, 0.25) is 5.91 Å². The van der Waals surface area contributed by atoms with Crippen molar-refractivity contribution in [1.82, 2.24) is 4.90 Å². The highest BCUT2D eigenvalue weighted by molar-refractivity contribution is 7.80. The van der Waals surface area contributed by atoms with Crippen LogP contribution < -0.4 is 19.7 Å². The number of hydrogen-bond donors (Lipinski definition) is 1. The van der Waals surface area contributed by atoms with E-state index in [-0.39, 0.29) is 24.7 Å². The summed E-state index contributed by atoms with van der Waals surface area (Å²) < 4.78 is 29.3. The smallest absolute Gasteiger partial charge is 0.338 e. The van der Waals surface area contributed by atoms with E-state index in [0.29, 0.717) is 28.4 Å². The number of carbonyl (C=O) groups is 3. The van der Waals surface area contributed by atoms with Crippen molar-refractivity contribution in [1.29, 1.82) is 0 Å². The number of hydrogen-bond acceptors (Lipinski definition) is 7. The Labute approximate surface area is 236 Å². The first-order chi connectivity index (χ1) is 19.2. The largest absolute Gasteiger partial charge is 0.493 e. The van der Waals surface area contributed by atoms with Gasteiger partial charge in [-0.1, -0.05) is 6.07 Å². The molecule has 1 aliphatic rings. The van der Waals surface area contributed by atoms with Crippen molar-refractivity contribution in [2.75, 3.05) is 31.0 Å². The van der Waals surface area contributed by atoms with Crippen molar-refractivity contribution < 1.29 is 33.0 Å². The molecule has 1 saturated heterocycles. The lowest BCUT2D eigenvalue weighted by molar-refractivity contribution is -0.124. The van der Waals surface area contributed by atoms with Gasteiger partial charge in [0.05, 0.1) is 38.5 Å². The number of nitrogens with zero attached hydrogens (tertiary/aromatic N) is 2. The molecule has 40 heavy (non-hydrogen) atoms. The van der Waals surface area contributed by atoms with Crippen LogP contribution in [-0.2, 0) is 20.9 Å². The highest BCUT2D eigenvalue weighted by atomic mass is 32.1. The van der Waals surface area contributed by atoms with Gasteiger partial charge in [0, 0.05) is 12.2 Å². The number of esters is 1. The minimum atomic E-state index is -0.926. The number of ether oxygens (including phenoxy) is 3. The zero-order valence-corrected chi connectivity index (χ0v) is 23.0. The summed E-state index contributed by atoms with van der Waals surface area (Å²) in [6.07, 6.45) is -0.205. The normalized spacial score (nSPS) is 14.8. The molecule has 1 aliphatic heterocycles. The van der Waals surface area contributed by atoms with E-state index >= 15 is 0 Å². The lowest BCUT2D eigenvalue weighted by Crippen LogP contribution is -2.37. The number of amides is 2. The molecule has 9 nitrogen and oxygen atoms in total. The first-order valence-electron chi connectivity index (χ1n) is 12.4. The maximum absolute atomic E-state index is 13.6. The van der Waals surface area contributed by atoms with Gasteiger partial charge in [0.15, 0.2) is 16.6 Å². The molecule has 0 spiro atoms. The van der Waals surface area contributed by atoms with Crippen molar-refractivity contribution >= 4 is 46.5 Å². The van der Waals surface area contributed by atoms with Crippen LogP contribution in [0.1, 0.15) is 29.3 Å². The molecule has 2 amide bonds. The summed E-state index contributed by atoms with van der Waals surface area (Å²) in [7, 11) is 3.06. The Morgan fingerprint density at radius 2 is 1.65 bits per heavy atom. The van der Waals surface area contributed by atoms with Crippen LogP contribution in [0.25, 0.3) is 0 Å². The standard InChI is InChI=1S/C29H28FN3O6S/c1-4-39-28(36)19-6-10-21(11-7-19)31-26(34)16-23-27(35)33(22-12-8-20(30)9-13-22)29(40)32(23)17-18-5-14-24(37-2)25(15-18)38-3/h5-15,23H,4,16-17H2,1-3H3,(H,31,34)/t23-/m1/s1. The molecule has 0 saturated carbocycles. The van der Waals surface area contributed by atoms with E-state index in [1.807, 2.05) is 6.07 Å². The molecule has 1 fully saturated rings. The van der Waals surface area contributed by atoms with Gasteiger partial charge in [0.1, 0.15) is 11.9 Å². The zero-order chi connectivity index (χ0) is 28.8. The van der Waals surface area contributed by atoms with E-state index in [1.54, 1.807) is 48.2 Å². The molecule has 0 aromatic heterocycles. The summed E-state index contributed by atoms with van der Waals surface area (Å²) in [5.74, 6) is -0.699. The third kappa shape index (κ3) is 6.20. The number of rotatable bonds is 10. The molecule has 1 atom stereocenters. The number of carbonyl (C=O) groups excluding carboxylic acids is 3. The van der Waals surface area contributed by atoms with E-state index in [9.17, 15) is 18.8 Å². The van der Waals surface area contributed by atoms with Crippen molar-refractivity contribution in [3.05, 3.63) is 83.7 Å². The van der Waals surface area contributed by atoms with Crippen molar-refractivity contribution in [2.24, 2.45) is 0 Å². The first-order valence-corrected chi connectivity index (χ1v) is 12.8. The molecule has 0 radical (unpaired) electrons. The highest BCUT2D eigenvalue weighted by Crippen LogP contribution is 2.32. The summed E-state index contributed by atoms with van der Waals surface area (Å²) in [6, 6.07) is 16.1. The van der Waals surface area contributed by atoms with Gasteiger partial charge in [0.25, 0.3) is 5.91 Å². The molecule has 3 aromatic carbocycles. The predicted octanol–water partition coefficient (Wildman–Crippen LogP) is 4.55. The van der Waals surface area contributed by atoms with Gasteiger partial charge in [-0.2, -0.15) is 0 Å². The lowest BCUT2D eigenvalue weighted by atomic mass is 10.1. The maximum Gasteiger partial charge on any atom is 0.338 e. The summed E-state index contributed by atoms with van der Waals surface area (Å²) in [4.78, 5) is 41.6. The van der Waals surface area contributed by atoms with E-state index in [4.69, 9.17) is 26.4 Å². The highest BCUT2D eigenvalue weighted by Gasteiger charge is 2.44. The molecular formula is C29H28FN3O6S. The summed E-state index contributed by atoms with van der Waals surface area (Å²) in [6.45, 7) is 2.17. The molecule has 208 valence electrons. The number of methoxy groups -OCH3 is 2. The van der Waals surface area contributed by atoms with Crippen LogP contribution in [0.4, 0.5) is 15.8 Å². The molecule has 1 heterocycles. The molecular weight excluding hydrogens is 537 g/mol. The molecule has 4 rings (SSSR count). The number of thiocarbonyl (C=S) groups is 1. The van der Waals surface area contributed by atoms with Gasteiger partial charge in [-0.05, 0) is 85.4 Å². The van der Waals surface area contributed by atoms with Crippen LogP contribution >= 0.6 is 12.2 Å². The van der Waals surface area contributed by atoms with Crippen molar-refractivity contribution in [3.8, 4) is 11.5 Å². The Hall–Kier alpha value is -4.51. The Morgan fingerprint density at radius 3 is 2.27 bits per heavy atom. The molecule has 0 bridgehead atoms. The number of nitrogens with one attached hydrogen (secondary N) is 1. The molecule has 11 heteroatoms. The van der Waals surface area contributed by atoms with Gasteiger partial charge in [-0.15, -0.1) is 0 Å². The average molecular weight is 566 g/mol. The average Bonchev–Trinajstić information content (AvgIpc) is 3.17. The third-order valence-electron chi connectivity index (χ3n) is 6.26. The topological polar surface area (TPSA) is 97.4 Å². The fraction of sp³-hybridized carbons (Fsp3) is 0.241. The fourth-order valence-electron chi connectivity index (χ4n) is 4.31. The molecule has 0 aliphatic carbocycles. The Kier molecular flexibility index (Phi) is 8.95. The van der Waals surface area contributed by atoms with Gasteiger partial charge in [-0.3, -0.25) is 14.5 Å². The zero-order valence-electron chi connectivity index (χ0n) is 22.2. The third-order valence-corrected chi connectivity index (χ3v) is 6.68. The monoisotopic (exact) mass is 565 g/mol. The number of benzene rings is 3. The summed E-state index contributed by atoms with van der Waals surface area (Å²) in [5.41, 5.74) is 1.97. The second-order valence-electron chi connectivity index (χ2n) is 8.82. The summed E-state index contributed by atoms with van der Waals surface area (Å²) in [5, 5.41) is 2.95. The number of anilines is 2. The Bertz CT molecular complexity index is 1410. The molecule has 3 aromatic rings. The van der Waals surface area contributed by atoms with Crippen molar-refractivity contribution in [3.63, 3.8) is 0 Å². The molecule has 1 N–H and O–H groups in total. The predicted molar refractivity (Wildman–Crippen MR) is 151 cm³/mol. The summed E-state index contributed by atoms with van der Waals surface area (Å²) >= 11 is 5.69. The minimum Gasteiger partial charge on any atom is -0.493 e.